The minimum Gasteiger partial charge on any atom is -0.356 e. The summed E-state index contributed by atoms with van der Waals surface area (Å²) in [6.07, 6.45) is 5.27. The normalized spacial score (nSPS) is 12.1. The van der Waals surface area contributed by atoms with Gasteiger partial charge in [-0.2, -0.15) is 0 Å². The van der Waals surface area contributed by atoms with Gasteiger partial charge in [0.15, 0.2) is 0 Å². The zero-order valence-corrected chi connectivity index (χ0v) is 21.1. The van der Waals surface area contributed by atoms with Gasteiger partial charge in [-0.1, -0.05) is 12.8 Å². The van der Waals surface area contributed by atoms with Crippen molar-refractivity contribution in [2.24, 2.45) is 0 Å². The molecule has 0 fully saturated rings. The maximum atomic E-state index is 12.0. The summed E-state index contributed by atoms with van der Waals surface area (Å²) >= 11 is 0. The number of carbonyl (C=O) groups excluding carboxylic acids is 2. The van der Waals surface area contributed by atoms with Crippen LogP contribution in [-0.2, 0) is 9.59 Å². The van der Waals surface area contributed by atoms with E-state index in [0.717, 1.165) is 51.9 Å². The van der Waals surface area contributed by atoms with Crippen LogP contribution in [0.25, 0.3) is 0 Å². The first kappa shape index (κ1) is 28.9. The molecule has 2 amide bonds. The van der Waals surface area contributed by atoms with E-state index >= 15 is 0 Å². The van der Waals surface area contributed by atoms with Crippen molar-refractivity contribution in [2.75, 3.05) is 26.2 Å². The fourth-order valence-corrected chi connectivity index (χ4v) is 3.92. The van der Waals surface area contributed by atoms with Gasteiger partial charge in [-0.25, -0.2) is 0 Å². The molecule has 0 aromatic rings. The summed E-state index contributed by atoms with van der Waals surface area (Å²) in [6, 6.07) is 1.84. The molecule has 0 aliphatic carbocycles. The molecule has 6 heteroatoms. The SMILES string of the molecule is CC(C)N(CCC(=O)NCCCCCCNC(=O)CCN(C(C)C)C(C)C)C(C)C. The van der Waals surface area contributed by atoms with E-state index in [2.05, 4.69) is 75.8 Å². The molecule has 0 bridgehead atoms. The van der Waals surface area contributed by atoms with Crippen LogP contribution in [0.1, 0.15) is 93.9 Å². The number of nitrogens with one attached hydrogen (secondary N) is 2. The highest BCUT2D eigenvalue weighted by atomic mass is 16.2. The third kappa shape index (κ3) is 14.0. The van der Waals surface area contributed by atoms with E-state index in [1.807, 2.05) is 0 Å². The van der Waals surface area contributed by atoms with Crippen LogP contribution in [0.5, 0.6) is 0 Å². The number of hydrogen-bond acceptors (Lipinski definition) is 4. The van der Waals surface area contributed by atoms with Crippen LogP contribution < -0.4 is 10.6 Å². The van der Waals surface area contributed by atoms with Gasteiger partial charge in [0.05, 0.1) is 0 Å². The van der Waals surface area contributed by atoms with Gasteiger partial charge in [0.2, 0.25) is 11.8 Å². The van der Waals surface area contributed by atoms with Crippen LogP contribution in [0.3, 0.4) is 0 Å². The summed E-state index contributed by atoms with van der Waals surface area (Å²) in [5.41, 5.74) is 0. The summed E-state index contributed by atoms with van der Waals surface area (Å²) in [5, 5.41) is 6.06. The lowest BCUT2D eigenvalue weighted by molar-refractivity contribution is -0.122. The van der Waals surface area contributed by atoms with E-state index in [0.29, 0.717) is 37.0 Å². The zero-order chi connectivity index (χ0) is 23.1. The molecule has 0 spiro atoms. The molecule has 0 aromatic heterocycles. The van der Waals surface area contributed by atoms with Gasteiger partial charge >= 0.3 is 0 Å². The summed E-state index contributed by atoms with van der Waals surface area (Å²) in [7, 11) is 0. The third-order valence-corrected chi connectivity index (χ3v) is 5.60. The lowest BCUT2D eigenvalue weighted by Gasteiger charge is -2.30. The first-order chi connectivity index (χ1) is 14.1. The molecule has 0 aromatic carbocycles. The maximum Gasteiger partial charge on any atom is 0.221 e. The molecule has 0 saturated carbocycles. The Morgan fingerprint density at radius 2 is 0.867 bits per heavy atom. The fraction of sp³-hybridized carbons (Fsp3) is 0.917. The van der Waals surface area contributed by atoms with Gasteiger partial charge in [-0.15, -0.1) is 0 Å². The molecule has 0 aliphatic heterocycles. The molecular formula is C24H50N4O2. The average molecular weight is 427 g/mol. The second-order valence-electron chi connectivity index (χ2n) is 9.46. The summed E-state index contributed by atoms with van der Waals surface area (Å²) in [6.45, 7) is 20.5. The highest BCUT2D eigenvalue weighted by Crippen LogP contribution is 2.07. The number of carbonyl (C=O) groups is 2. The van der Waals surface area contributed by atoms with Crippen LogP contribution in [0.4, 0.5) is 0 Å². The van der Waals surface area contributed by atoms with Crippen molar-refractivity contribution in [3.8, 4) is 0 Å². The minimum atomic E-state index is 0.144. The van der Waals surface area contributed by atoms with E-state index in [1.165, 1.54) is 0 Å². The molecule has 0 saturated heterocycles. The Morgan fingerprint density at radius 1 is 0.567 bits per heavy atom. The zero-order valence-electron chi connectivity index (χ0n) is 21.1. The number of unbranched alkanes of at least 4 members (excludes halogenated alkanes) is 3. The highest BCUT2D eigenvalue weighted by molar-refractivity contribution is 5.76. The van der Waals surface area contributed by atoms with Crippen molar-refractivity contribution < 1.29 is 9.59 Å². The van der Waals surface area contributed by atoms with Crippen LogP contribution in [0.2, 0.25) is 0 Å². The average Bonchev–Trinajstić information content (AvgIpc) is 2.62. The smallest absolute Gasteiger partial charge is 0.221 e. The van der Waals surface area contributed by atoms with Gasteiger partial charge in [0, 0.05) is 63.2 Å². The van der Waals surface area contributed by atoms with E-state index in [-0.39, 0.29) is 11.8 Å². The monoisotopic (exact) mass is 426 g/mol. The molecule has 0 heterocycles. The second-order valence-corrected chi connectivity index (χ2v) is 9.46. The molecule has 30 heavy (non-hydrogen) atoms. The lowest BCUT2D eigenvalue weighted by atomic mass is 10.2. The Bertz CT molecular complexity index is 406. The Hall–Kier alpha value is -1.14. The van der Waals surface area contributed by atoms with Crippen LogP contribution in [-0.4, -0.2) is 72.0 Å². The van der Waals surface area contributed by atoms with Gasteiger partial charge in [0.25, 0.3) is 0 Å². The van der Waals surface area contributed by atoms with Crippen molar-refractivity contribution in [1.29, 1.82) is 0 Å². The second kappa shape index (κ2) is 16.5. The third-order valence-electron chi connectivity index (χ3n) is 5.60. The Balaban J connectivity index is 3.69. The molecule has 0 unspecified atom stereocenters. The maximum absolute atomic E-state index is 12.0. The highest BCUT2D eigenvalue weighted by Gasteiger charge is 2.15. The molecule has 0 atom stereocenters. The number of nitrogens with zero attached hydrogens (tertiary/aromatic N) is 2. The summed E-state index contributed by atoms with van der Waals surface area (Å²) < 4.78 is 0. The van der Waals surface area contributed by atoms with Crippen molar-refractivity contribution in [2.45, 2.75) is 118 Å². The van der Waals surface area contributed by atoms with Gasteiger partial charge < -0.3 is 10.6 Å². The van der Waals surface area contributed by atoms with E-state index in [1.54, 1.807) is 0 Å². The quantitative estimate of drug-likeness (QED) is 0.347. The Labute approximate surface area is 186 Å². The van der Waals surface area contributed by atoms with E-state index in [9.17, 15) is 9.59 Å². The van der Waals surface area contributed by atoms with E-state index in [4.69, 9.17) is 0 Å². The number of amides is 2. The molecule has 0 radical (unpaired) electrons. The Morgan fingerprint density at radius 3 is 1.13 bits per heavy atom. The minimum absolute atomic E-state index is 0.144. The molecule has 6 nitrogen and oxygen atoms in total. The summed E-state index contributed by atoms with van der Waals surface area (Å²) in [4.78, 5) is 28.7. The largest absolute Gasteiger partial charge is 0.356 e. The molecule has 2 N–H and O–H groups in total. The lowest BCUT2D eigenvalue weighted by Crippen LogP contribution is -2.39. The molecular weight excluding hydrogens is 376 g/mol. The van der Waals surface area contributed by atoms with E-state index < -0.39 is 0 Å². The number of hydrogen-bond donors (Lipinski definition) is 2. The predicted octanol–water partition coefficient (Wildman–Crippen LogP) is 3.80. The van der Waals surface area contributed by atoms with Gasteiger partial charge in [-0.05, 0) is 68.2 Å². The number of rotatable bonds is 17. The van der Waals surface area contributed by atoms with Gasteiger partial charge in [0.1, 0.15) is 0 Å². The first-order valence-electron chi connectivity index (χ1n) is 12.1. The van der Waals surface area contributed by atoms with Crippen LogP contribution >= 0.6 is 0 Å². The molecule has 0 aliphatic rings. The first-order valence-corrected chi connectivity index (χ1v) is 12.1. The van der Waals surface area contributed by atoms with Crippen molar-refractivity contribution >= 4 is 11.8 Å². The molecule has 0 rings (SSSR count). The van der Waals surface area contributed by atoms with Crippen LogP contribution in [0, 0.1) is 0 Å². The molecule has 178 valence electrons. The Kier molecular flexibility index (Phi) is 15.9. The topological polar surface area (TPSA) is 64.7 Å². The van der Waals surface area contributed by atoms with Crippen LogP contribution in [0.15, 0.2) is 0 Å². The van der Waals surface area contributed by atoms with Gasteiger partial charge in [-0.3, -0.25) is 19.4 Å². The van der Waals surface area contributed by atoms with Crippen molar-refractivity contribution in [1.82, 2.24) is 20.4 Å². The van der Waals surface area contributed by atoms with Crippen molar-refractivity contribution in [3.63, 3.8) is 0 Å². The predicted molar refractivity (Wildman–Crippen MR) is 128 cm³/mol. The standard InChI is InChI=1S/C24H50N4O2/c1-19(2)27(20(3)4)17-13-23(29)25-15-11-9-10-12-16-26-24(30)14-18-28(21(5)6)22(7)8/h19-22H,9-18H2,1-8H3,(H,25,29)(H,26,30). The summed E-state index contributed by atoms with van der Waals surface area (Å²) in [5.74, 6) is 0.288. The van der Waals surface area contributed by atoms with Crippen molar-refractivity contribution in [3.05, 3.63) is 0 Å². The fourth-order valence-electron chi connectivity index (χ4n) is 3.92.